The van der Waals surface area contributed by atoms with Gasteiger partial charge in [-0.1, -0.05) is 28.1 Å². The molecular weight excluding hydrogens is 338 g/mol. The summed E-state index contributed by atoms with van der Waals surface area (Å²) in [6, 6.07) is 5.35. The van der Waals surface area contributed by atoms with Crippen molar-refractivity contribution in [1.29, 1.82) is 0 Å². The number of benzene rings is 1. The van der Waals surface area contributed by atoms with Gasteiger partial charge in [0.25, 0.3) is 0 Å². The van der Waals surface area contributed by atoms with Crippen molar-refractivity contribution in [2.45, 2.75) is 25.8 Å². The van der Waals surface area contributed by atoms with Gasteiger partial charge in [-0.25, -0.2) is 0 Å². The predicted molar refractivity (Wildman–Crippen MR) is 88.9 cm³/mol. The minimum Gasteiger partial charge on any atom is -0.389 e. The molecule has 1 aliphatic rings. The third kappa shape index (κ3) is 3.49. The van der Waals surface area contributed by atoms with Gasteiger partial charge in [-0.2, -0.15) is 0 Å². The summed E-state index contributed by atoms with van der Waals surface area (Å²) >= 11 is 8.45. The summed E-state index contributed by atoms with van der Waals surface area (Å²) in [4.78, 5) is 14.5. The molecule has 1 atom stereocenters. The van der Waals surface area contributed by atoms with E-state index < -0.39 is 0 Å². The largest absolute Gasteiger partial charge is 0.389 e. The molecule has 1 unspecified atom stereocenters. The number of nitrogens with zero attached hydrogens (tertiary/aromatic N) is 1. The van der Waals surface area contributed by atoms with Crippen LogP contribution in [0, 0.1) is 0 Å². The highest BCUT2D eigenvalue weighted by Gasteiger charge is 2.23. The van der Waals surface area contributed by atoms with Crippen molar-refractivity contribution in [2.75, 3.05) is 18.4 Å². The van der Waals surface area contributed by atoms with Gasteiger partial charge in [-0.3, -0.25) is 4.79 Å². The average molecular weight is 356 g/mol. The molecule has 0 bridgehead atoms. The molecule has 108 valence electrons. The molecule has 4 nitrogen and oxygen atoms in total. The second kappa shape index (κ2) is 6.54. The highest BCUT2D eigenvalue weighted by atomic mass is 79.9. The van der Waals surface area contributed by atoms with Crippen LogP contribution in [-0.4, -0.2) is 34.9 Å². The monoisotopic (exact) mass is 355 g/mol. The Morgan fingerprint density at radius 1 is 1.45 bits per heavy atom. The summed E-state index contributed by atoms with van der Waals surface area (Å²) < 4.78 is 0.907. The zero-order valence-electron chi connectivity index (χ0n) is 11.4. The van der Waals surface area contributed by atoms with Gasteiger partial charge in [-0.15, -0.1) is 0 Å². The van der Waals surface area contributed by atoms with E-state index in [0.717, 1.165) is 41.7 Å². The maximum atomic E-state index is 12.3. The van der Waals surface area contributed by atoms with Crippen LogP contribution in [0.25, 0.3) is 0 Å². The molecule has 0 spiro atoms. The van der Waals surface area contributed by atoms with Gasteiger partial charge in [0.1, 0.15) is 11.0 Å². The Morgan fingerprint density at radius 2 is 2.10 bits per heavy atom. The van der Waals surface area contributed by atoms with Crippen LogP contribution in [0.1, 0.15) is 25.3 Å². The smallest absolute Gasteiger partial charge is 0.244 e. The van der Waals surface area contributed by atoms with Gasteiger partial charge >= 0.3 is 0 Å². The molecule has 0 aliphatic carbocycles. The van der Waals surface area contributed by atoms with Crippen LogP contribution >= 0.6 is 28.1 Å². The minimum atomic E-state index is -0.289. The first-order valence-electron chi connectivity index (χ1n) is 6.63. The van der Waals surface area contributed by atoms with Gasteiger partial charge in [-0.05, 0) is 38.0 Å². The Labute approximate surface area is 132 Å². The molecule has 1 saturated heterocycles. The SMILES string of the molecule is CC(Nc1ccc(Br)cc1C(N)=S)C(=O)N1CCCC1. The lowest BCUT2D eigenvalue weighted by molar-refractivity contribution is -0.130. The normalized spacial score (nSPS) is 16.0. The maximum Gasteiger partial charge on any atom is 0.244 e. The zero-order chi connectivity index (χ0) is 14.7. The van der Waals surface area contributed by atoms with Crippen LogP contribution < -0.4 is 11.1 Å². The molecule has 20 heavy (non-hydrogen) atoms. The summed E-state index contributed by atoms with van der Waals surface area (Å²) in [5.41, 5.74) is 7.27. The lowest BCUT2D eigenvalue weighted by Gasteiger charge is -2.23. The topological polar surface area (TPSA) is 58.4 Å². The van der Waals surface area contributed by atoms with E-state index in [0.29, 0.717) is 4.99 Å². The van der Waals surface area contributed by atoms with Crippen molar-refractivity contribution in [1.82, 2.24) is 4.90 Å². The number of amides is 1. The molecule has 2 rings (SSSR count). The summed E-state index contributed by atoms with van der Waals surface area (Å²) in [7, 11) is 0. The van der Waals surface area contributed by atoms with Gasteiger partial charge in [0.15, 0.2) is 0 Å². The first-order chi connectivity index (χ1) is 9.49. The predicted octanol–water partition coefficient (Wildman–Crippen LogP) is 2.51. The van der Waals surface area contributed by atoms with E-state index in [-0.39, 0.29) is 11.9 Å². The van der Waals surface area contributed by atoms with Crippen molar-refractivity contribution in [3.63, 3.8) is 0 Å². The number of thiocarbonyl (C=S) groups is 1. The van der Waals surface area contributed by atoms with E-state index in [2.05, 4.69) is 21.2 Å². The second-order valence-electron chi connectivity index (χ2n) is 4.95. The van der Waals surface area contributed by atoms with Crippen molar-refractivity contribution >= 4 is 44.7 Å². The van der Waals surface area contributed by atoms with E-state index in [1.165, 1.54) is 0 Å². The van der Waals surface area contributed by atoms with E-state index in [9.17, 15) is 4.79 Å². The summed E-state index contributed by atoms with van der Waals surface area (Å²) in [6.45, 7) is 3.58. The third-order valence-corrected chi connectivity index (χ3v) is 4.12. The molecule has 0 saturated carbocycles. The number of nitrogens with one attached hydrogen (secondary N) is 1. The molecule has 1 fully saturated rings. The number of carbonyl (C=O) groups is 1. The van der Waals surface area contributed by atoms with Crippen molar-refractivity contribution in [2.24, 2.45) is 5.73 Å². The van der Waals surface area contributed by atoms with Gasteiger partial charge < -0.3 is 16.0 Å². The molecule has 0 aromatic heterocycles. The van der Waals surface area contributed by atoms with Gasteiger partial charge in [0.2, 0.25) is 5.91 Å². The molecular formula is C14H18BrN3OS. The highest BCUT2D eigenvalue weighted by Crippen LogP contribution is 2.22. The molecule has 1 aromatic rings. The van der Waals surface area contributed by atoms with E-state index >= 15 is 0 Å². The number of rotatable bonds is 4. The zero-order valence-corrected chi connectivity index (χ0v) is 13.8. The Morgan fingerprint density at radius 3 is 2.70 bits per heavy atom. The Bertz CT molecular complexity index is 529. The Balaban J connectivity index is 2.12. The fourth-order valence-electron chi connectivity index (χ4n) is 2.35. The van der Waals surface area contributed by atoms with Crippen LogP contribution in [0.3, 0.4) is 0 Å². The number of carbonyl (C=O) groups excluding carboxylic acids is 1. The van der Waals surface area contributed by atoms with Crippen LogP contribution in [0.5, 0.6) is 0 Å². The highest BCUT2D eigenvalue weighted by molar-refractivity contribution is 9.10. The molecule has 3 N–H and O–H groups in total. The minimum absolute atomic E-state index is 0.124. The first-order valence-corrected chi connectivity index (χ1v) is 7.84. The van der Waals surface area contributed by atoms with E-state index in [1.807, 2.05) is 30.0 Å². The third-order valence-electron chi connectivity index (χ3n) is 3.41. The number of hydrogen-bond donors (Lipinski definition) is 2. The Kier molecular flexibility index (Phi) is 4.99. The summed E-state index contributed by atoms with van der Waals surface area (Å²) in [5, 5.41) is 3.22. The van der Waals surface area contributed by atoms with Crippen LogP contribution in [0.4, 0.5) is 5.69 Å². The Hall–Kier alpha value is -1.14. The number of hydrogen-bond acceptors (Lipinski definition) is 3. The van der Waals surface area contributed by atoms with Crippen molar-refractivity contribution in [3.8, 4) is 0 Å². The number of likely N-dealkylation sites (tertiary alicyclic amines) is 1. The fraction of sp³-hybridized carbons (Fsp3) is 0.429. The number of anilines is 1. The van der Waals surface area contributed by atoms with Crippen LogP contribution in [0.15, 0.2) is 22.7 Å². The number of halogens is 1. The lowest BCUT2D eigenvalue weighted by Crippen LogP contribution is -2.40. The molecule has 0 radical (unpaired) electrons. The molecule has 1 heterocycles. The van der Waals surface area contributed by atoms with E-state index in [4.69, 9.17) is 18.0 Å². The standard InChI is InChI=1S/C14H18BrN3OS/c1-9(14(19)18-6-2-3-7-18)17-12-5-4-10(15)8-11(12)13(16)20/h4-5,8-9,17H,2-3,6-7H2,1H3,(H2,16,20). The molecule has 1 amide bonds. The summed E-state index contributed by atoms with van der Waals surface area (Å²) in [5.74, 6) is 0.124. The van der Waals surface area contributed by atoms with Crippen molar-refractivity contribution in [3.05, 3.63) is 28.2 Å². The van der Waals surface area contributed by atoms with E-state index in [1.54, 1.807) is 0 Å². The van der Waals surface area contributed by atoms with Crippen LogP contribution in [-0.2, 0) is 4.79 Å². The second-order valence-corrected chi connectivity index (χ2v) is 6.31. The molecule has 1 aromatic carbocycles. The number of nitrogens with two attached hydrogens (primary N) is 1. The molecule has 1 aliphatic heterocycles. The fourth-order valence-corrected chi connectivity index (χ4v) is 2.88. The van der Waals surface area contributed by atoms with Gasteiger partial charge in [0.05, 0.1) is 0 Å². The molecule has 6 heteroatoms. The maximum absolute atomic E-state index is 12.3. The van der Waals surface area contributed by atoms with Gasteiger partial charge in [0, 0.05) is 28.8 Å². The summed E-state index contributed by atoms with van der Waals surface area (Å²) in [6.07, 6.45) is 2.18. The van der Waals surface area contributed by atoms with Crippen molar-refractivity contribution < 1.29 is 4.79 Å². The average Bonchev–Trinajstić information content (AvgIpc) is 2.93. The lowest BCUT2D eigenvalue weighted by atomic mass is 10.1. The van der Waals surface area contributed by atoms with Crippen LogP contribution in [0.2, 0.25) is 0 Å². The first kappa shape index (κ1) is 15.3. The quantitative estimate of drug-likeness (QED) is 0.814.